The minimum absolute atomic E-state index is 0.111. The maximum absolute atomic E-state index is 12.9. The van der Waals surface area contributed by atoms with E-state index in [2.05, 4.69) is 10.6 Å². The highest BCUT2D eigenvalue weighted by atomic mass is 16.2. The van der Waals surface area contributed by atoms with Gasteiger partial charge in [0, 0.05) is 12.2 Å². The maximum atomic E-state index is 12.9. The number of nitrogens with zero attached hydrogens (tertiary/aromatic N) is 2. The summed E-state index contributed by atoms with van der Waals surface area (Å²) in [5, 5.41) is 5.61. The van der Waals surface area contributed by atoms with Gasteiger partial charge in [0.25, 0.3) is 11.5 Å². The van der Waals surface area contributed by atoms with Crippen LogP contribution in [0, 0.1) is 20.8 Å². The number of anilines is 2. The fraction of sp³-hybridized carbons (Fsp3) is 0.381. The lowest BCUT2D eigenvalue weighted by molar-refractivity contribution is -0.116. The third-order valence-corrected chi connectivity index (χ3v) is 4.40. The molecule has 28 heavy (non-hydrogen) atoms. The van der Waals surface area contributed by atoms with E-state index in [0.29, 0.717) is 23.5 Å². The summed E-state index contributed by atoms with van der Waals surface area (Å²) in [7, 11) is 3.60. The maximum Gasteiger partial charge on any atom is 0.263 e. The fourth-order valence-corrected chi connectivity index (χ4v) is 3.13. The summed E-state index contributed by atoms with van der Waals surface area (Å²) in [4.78, 5) is 39.5. The van der Waals surface area contributed by atoms with Gasteiger partial charge in [0.2, 0.25) is 5.91 Å². The molecule has 2 N–H and O–H groups in total. The number of hydrogen-bond donors (Lipinski definition) is 2. The lowest BCUT2D eigenvalue weighted by Crippen LogP contribution is -2.32. The van der Waals surface area contributed by atoms with Crippen molar-refractivity contribution in [2.24, 2.45) is 0 Å². The molecule has 0 aliphatic heterocycles. The Morgan fingerprint density at radius 3 is 2.32 bits per heavy atom. The molecule has 0 unspecified atom stereocenters. The zero-order valence-electron chi connectivity index (χ0n) is 17.3. The number of aromatic nitrogens is 1. The number of hydrogen-bond acceptors (Lipinski definition) is 4. The predicted octanol–water partition coefficient (Wildman–Crippen LogP) is 2.55. The van der Waals surface area contributed by atoms with Gasteiger partial charge in [-0.3, -0.25) is 14.4 Å². The molecule has 1 aromatic carbocycles. The molecule has 7 nitrogen and oxygen atoms in total. The molecule has 0 aliphatic carbocycles. The Balaban J connectivity index is 2.38. The molecule has 0 fully saturated rings. The van der Waals surface area contributed by atoms with Crippen LogP contribution in [0.5, 0.6) is 0 Å². The minimum atomic E-state index is -0.488. The van der Waals surface area contributed by atoms with Crippen molar-refractivity contribution in [3.05, 3.63) is 57.0 Å². The number of carbonyl (C=O) groups excluding carboxylic acids is 2. The first-order chi connectivity index (χ1) is 13.1. The zero-order valence-corrected chi connectivity index (χ0v) is 17.3. The van der Waals surface area contributed by atoms with Crippen molar-refractivity contribution >= 4 is 23.2 Å². The number of rotatable bonds is 6. The Morgan fingerprint density at radius 2 is 1.71 bits per heavy atom. The number of aryl methyl sites for hydroxylation is 3. The van der Waals surface area contributed by atoms with Crippen molar-refractivity contribution in [1.29, 1.82) is 0 Å². The van der Waals surface area contributed by atoms with Crippen LogP contribution >= 0.6 is 0 Å². The van der Waals surface area contributed by atoms with E-state index in [1.807, 2.05) is 32.9 Å². The molecule has 0 bridgehead atoms. The van der Waals surface area contributed by atoms with E-state index in [1.54, 1.807) is 42.6 Å². The molecule has 0 atom stereocenters. The second-order valence-electron chi connectivity index (χ2n) is 7.18. The average molecular weight is 384 g/mol. The quantitative estimate of drug-likeness (QED) is 0.802. The summed E-state index contributed by atoms with van der Waals surface area (Å²) in [6.07, 6.45) is 0. The third-order valence-electron chi connectivity index (χ3n) is 4.40. The molecule has 2 amide bonds. The van der Waals surface area contributed by atoms with Crippen molar-refractivity contribution in [3.63, 3.8) is 0 Å². The average Bonchev–Trinajstić information content (AvgIpc) is 2.56. The predicted molar refractivity (Wildman–Crippen MR) is 112 cm³/mol. The number of pyridine rings is 1. The molecule has 0 radical (unpaired) electrons. The topological polar surface area (TPSA) is 83.4 Å². The van der Waals surface area contributed by atoms with Crippen LogP contribution in [0.3, 0.4) is 0 Å². The Hall–Kier alpha value is -2.93. The smallest absolute Gasteiger partial charge is 0.263 e. The van der Waals surface area contributed by atoms with E-state index in [0.717, 1.165) is 11.3 Å². The van der Waals surface area contributed by atoms with E-state index in [-0.39, 0.29) is 23.6 Å². The third kappa shape index (κ3) is 4.86. The van der Waals surface area contributed by atoms with Gasteiger partial charge in [-0.1, -0.05) is 6.07 Å². The summed E-state index contributed by atoms with van der Waals surface area (Å²) >= 11 is 0. The molecule has 2 aromatic rings. The van der Waals surface area contributed by atoms with Gasteiger partial charge >= 0.3 is 0 Å². The fourth-order valence-electron chi connectivity index (χ4n) is 3.13. The highest BCUT2D eigenvalue weighted by Gasteiger charge is 2.19. The van der Waals surface area contributed by atoms with Crippen molar-refractivity contribution in [2.75, 3.05) is 31.3 Å². The van der Waals surface area contributed by atoms with Crippen LogP contribution in [-0.2, 0) is 11.3 Å². The molecule has 2 rings (SSSR count). The van der Waals surface area contributed by atoms with Crippen molar-refractivity contribution in [1.82, 2.24) is 9.47 Å². The minimum Gasteiger partial charge on any atom is -0.323 e. The molecule has 0 saturated carbocycles. The highest BCUT2D eigenvalue weighted by Crippen LogP contribution is 2.24. The molecule has 150 valence electrons. The van der Waals surface area contributed by atoms with Gasteiger partial charge in [-0.05, 0) is 71.1 Å². The van der Waals surface area contributed by atoms with E-state index >= 15 is 0 Å². The van der Waals surface area contributed by atoms with Crippen LogP contribution in [0.1, 0.15) is 34.1 Å². The van der Waals surface area contributed by atoms with E-state index in [1.165, 1.54) is 0 Å². The SMILES string of the molecule is CCn1c(C)cc(C)c(C(=O)Nc2cc(C)ccc2NC(=O)CN(C)C)c1=O. The summed E-state index contributed by atoms with van der Waals surface area (Å²) in [6, 6.07) is 7.19. The van der Waals surface area contributed by atoms with E-state index in [4.69, 9.17) is 0 Å². The first-order valence-corrected chi connectivity index (χ1v) is 9.21. The van der Waals surface area contributed by atoms with Gasteiger partial charge in [-0.25, -0.2) is 0 Å². The number of amides is 2. The van der Waals surface area contributed by atoms with Gasteiger partial charge in [-0.2, -0.15) is 0 Å². The monoisotopic (exact) mass is 384 g/mol. The van der Waals surface area contributed by atoms with Crippen LogP contribution in [0.25, 0.3) is 0 Å². The zero-order chi connectivity index (χ0) is 21.0. The number of nitrogens with one attached hydrogen (secondary N) is 2. The van der Waals surface area contributed by atoms with Gasteiger partial charge in [0.05, 0.1) is 17.9 Å². The Morgan fingerprint density at radius 1 is 1.04 bits per heavy atom. The second-order valence-corrected chi connectivity index (χ2v) is 7.18. The standard InChI is InChI=1S/C21H28N4O3/c1-7-25-15(4)11-14(3)19(21(25)28)20(27)23-17-10-13(2)8-9-16(17)22-18(26)12-24(5)6/h8-11H,7,12H2,1-6H3,(H,22,26)(H,23,27). The van der Waals surface area contributed by atoms with E-state index in [9.17, 15) is 14.4 Å². The van der Waals surface area contributed by atoms with Crippen LogP contribution in [0.15, 0.2) is 29.1 Å². The first kappa shape index (κ1) is 21.4. The van der Waals surface area contributed by atoms with Crippen LogP contribution in [0.4, 0.5) is 11.4 Å². The molecule has 0 spiro atoms. The molecule has 1 aromatic heterocycles. The van der Waals surface area contributed by atoms with Gasteiger partial charge < -0.3 is 20.1 Å². The molecular weight excluding hydrogens is 356 g/mol. The van der Waals surface area contributed by atoms with Crippen molar-refractivity contribution < 1.29 is 9.59 Å². The van der Waals surface area contributed by atoms with Gasteiger partial charge in [0.1, 0.15) is 5.56 Å². The summed E-state index contributed by atoms with van der Waals surface area (Å²) in [5.41, 5.74) is 3.10. The molecule has 7 heteroatoms. The largest absolute Gasteiger partial charge is 0.323 e. The summed E-state index contributed by atoms with van der Waals surface area (Å²) < 4.78 is 1.57. The Labute approximate surface area is 165 Å². The van der Waals surface area contributed by atoms with Crippen LogP contribution in [-0.4, -0.2) is 41.9 Å². The molecule has 0 aliphatic rings. The number of benzene rings is 1. The van der Waals surface area contributed by atoms with Crippen molar-refractivity contribution in [3.8, 4) is 0 Å². The lowest BCUT2D eigenvalue weighted by atomic mass is 10.1. The van der Waals surface area contributed by atoms with Crippen molar-refractivity contribution in [2.45, 2.75) is 34.2 Å². The van der Waals surface area contributed by atoms with Crippen LogP contribution in [0.2, 0.25) is 0 Å². The Kier molecular flexibility index (Phi) is 6.75. The summed E-state index contributed by atoms with van der Waals surface area (Å²) in [5.74, 6) is -0.678. The second kappa shape index (κ2) is 8.84. The highest BCUT2D eigenvalue weighted by molar-refractivity contribution is 6.08. The van der Waals surface area contributed by atoms with E-state index < -0.39 is 5.91 Å². The molecule has 0 saturated heterocycles. The Bertz CT molecular complexity index is 961. The normalized spacial score (nSPS) is 10.8. The molecular formula is C21H28N4O3. The molecule has 1 heterocycles. The van der Waals surface area contributed by atoms with Gasteiger partial charge in [-0.15, -0.1) is 0 Å². The van der Waals surface area contributed by atoms with Crippen LogP contribution < -0.4 is 16.2 Å². The number of likely N-dealkylation sites (N-methyl/N-ethyl adjacent to an activating group) is 1. The van der Waals surface area contributed by atoms with Gasteiger partial charge in [0.15, 0.2) is 0 Å². The number of carbonyl (C=O) groups is 2. The lowest BCUT2D eigenvalue weighted by Gasteiger charge is -2.16. The summed E-state index contributed by atoms with van der Waals surface area (Å²) in [6.45, 7) is 8.06. The first-order valence-electron chi connectivity index (χ1n) is 9.21.